The molecule has 1 radical (unpaired) electrons. The fraction of sp³-hybridized carbons (Fsp3) is 0. The number of hydrogen-bond donors (Lipinski definition) is 0. The normalized spacial score (nSPS) is 8.22. The average Bonchev–Trinajstić information content (AvgIpc) is 2.86. The Bertz CT molecular complexity index is 957. The molecule has 4 rings (SSSR count). The first-order valence-corrected chi connectivity index (χ1v) is 9.23. The van der Waals surface area contributed by atoms with Crippen molar-refractivity contribution in [3.8, 4) is 22.8 Å². The minimum absolute atomic E-state index is 0. The molecule has 4 aromatic rings. The molecular weight excluding hydrogens is 650 g/mol. The minimum Gasteiger partial charge on any atom is -0.356 e. The Labute approximate surface area is 237 Å². The van der Waals surface area contributed by atoms with Crippen molar-refractivity contribution in [3.63, 3.8) is 0 Å². The molecule has 4 heterocycles. The van der Waals surface area contributed by atoms with Gasteiger partial charge in [0.1, 0.15) is 0 Å². The van der Waals surface area contributed by atoms with Crippen molar-refractivity contribution in [3.05, 3.63) is 144 Å². The number of nitrogens with zero attached hydrogens (tertiary/aromatic N) is 7. The van der Waals surface area contributed by atoms with Crippen LogP contribution in [0.5, 0.6) is 0 Å². The second-order valence-corrected chi connectivity index (χ2v) is 5.53. The van der Waals surface area contributed by atoms with Crippen molar-refractivity contribution >= 4 is 0 Å². The summed E-state index contributed by atoms with van der Waals surface area (Å²) in [6.45, 7) is 0. The topological polar surface area (TPSA) is 250 Å². The Morgan fingerprint density at radius 2 is 0.568 bits per heavy atom. The van der Waals surface area contributed by atoms with E-state index < -0.39 is 15.3 Å². The smallest absolute Gasteiger partial charge is 0.356 e. The number of aromatic nitrogens is 4. The molecule has 0 spiro atoms. The maximum atomic E-state index is 8.25. The van der Waals surface area contributed by atoms with Gasteiger partial charge in [-0.05, 0) is 48.5 Å². The van der Waals surface area contributed by atoms with Crippen LogP contribution in [0.25, 0.3) is 22.8 Å². The maximum absolute atomic E-state index is 8.25. The van der Waals surface area contributed by atoms with Gasteiger partial charge in [-0.15, -0.1) is 0 Å². The molecule has 0 aromatic carbocycles. The molecule has 0 atom stereocenters. The van der Waals surface area contributed by atoms with Crippen molar-refractivity contribution in [1.82, 2.24) is 19.9 Å². The second kappa shape index (κ2) is 21.9. The Morgan fingerprint density at radius 3 is 0.676 bits per heavy atom. The number of pyridine rings is 4. The minimum atomic E-state index is -1.75. The third-order valence-electron chi connectivity index (χ3n) is 3.18. The van der Waals surface area contributed by atoms with E-state index >= 15 is 0 Å². The van der Waals surface area contributed by atoms with E-state index in [1.165, 1.54) is 0 Å². The number of rotatable bonds is 2. The van der Waals surface area contributed by atoms with Crippen LogP contribution in [-0.2, 0) is 0 Å². The molecule has 37 heavy (non-hydrogen) atoms. The third-order valence-corrected chi connectivity index (χ3v) is 3.18. The molecule has 0 unspecified atom stereocenters. The molecule has 0 aliphatic rings. The third kappa shape index (κ3) is 21.7. The summed E-state index contributed by atoms with van der Waals surface area (Å²) in [6.07, 6.45) is 7.07. The number of hydrogen-bond acceptors (Lipinski definition) is 13. The van der Waals surface area contributed by atoms with Crippen molar-refractivity contribution in [2.24, 2.45) is 0 Å². The van der Waals surface area contributed by atoms with Crippen LogP contribution >= 0.6 is 0 Å². The van der Waals surface area contributed by atoms with Gasteiger partial charge in [0.15, 0.2) is 0 Å². The molecule has 16 nitrogen and oxygen atoms in total. The van der Waals surface area contributed by atoms with Crippen molar-refractivity contribution in [2.75, 3.05) is 0 Å². The molecule has 17 heteroatoms. The van der Waals surface area contributed by atoms with Gasteiger partial charge >= 0.3 is 37.3 Å². The fourth-order valence-corrected chi connectivity index (χ4v) is 2.06. The summed E-state index contributed by atoms with van der Waals surface area (Å²) >= 11 is 0. The standard InChI is InChI=1S/2C10H8N2.Er.3NO3/c2*1-3-7-11-9(5-1)10-6-2-4-8-12-10;;3*2-1(3)4/h2*1-8H;;;;/q;;+3;3*-1. The van der Waals surface area contributed by atoms with Gasteiger partial charge in [0.25, 0.3) is 0 Å². The zero-order valence-corrected chi connectivity index (χ0v) is 20.2. The van der Waals surface area contributed by atoms with Gasteiger partial charge < -0.3 is 46.0 Å². The summed E-state index contributed by atoms with van der Waals surface area (Å²) < 4.78 is 0. The summed E-state index contributed by atoms with van der Waals surface area (Å²) in [4.78, 5) is 41.5. The van der Waals surface area contributed by atoms with E-state index in [9.17, 15) is 0 Å². The van der Waals surface area contributed by atoms with E-state index in [-0.39, 0.29) is 37.3 Å². The van der Waals surface area contributed by atoms with Gasteiger partial charge in [0.05, 0.1) is 38.0 Å². The van der Waals surface area contributed by atoms with Crippen LogP contribution < -0.4 is 0 Å². The predicted molar refractivity (Wildman–Crippen MR) is 126 cm³/mol. The van der Waals surface area contributed by atoms with E-state index in [0.29, 0.717) is 0 Å². The van der Waals surface area contributed by atoms with E-state index in [4.69, 9.17) is 46.0 Å². The predicted octanol–water partition coefficient (Wildman–Crippen LogP) is 3.57. The zero-order valence-electron chi connectivity index (χ0n) is 18.3. The fourth-order valence-electron chi connectivity index (χ4n) is 2.06. The van der Waals surface area contributed by atoms with E-state index in [0.717, 1.165) is 22.8 Å². The Hall–Kier alpha value is -4.55. The van der Waals surface area contributed by atoms with Crippen LogP contribution in [0.3, 0.4) is 0 Å². The Morgan fingerprint density at radius 1 is 0.405 bits per heavy atom. The van der Waals surface area contributed by atoms with Crippen LogP contribution in [-0.4, -0.2) is 35.2 Å². The molecule has 0 aliphatic heterocycles. The van der Waals surface area contributed by atoms with Gasteiger partial charge in [-0.1, -0.05) is 24.3 Å². The largest absolute Gasteiger partial charge is 3.00 e. The summed E-state index contributed by atoms with van der Waals surface area (Å²) in [5.41, 5.74) is 3.66. The Kier molecular flexibility index (Phi) is 20.5. The molecule has 197 valence electrons. The monoisotopic (exact) mass is 664 g/mol. The summed E-state index contributed by atoms with van der Waals surface area (Å²) in [7, 11) is 0. The van der Waals surface area contributed by atoms with Gasteiger partial charge in [0, 0.05) is 24.8 Å². The van der Waals surface area contributed by atoms with Crippen molar-refractivity contribution in [2.45, 2.75) is 0 Å². The van der Waals surface area contributed by atoms with Crippen LogP contribution in [0.4, 0.5) is 0 Å². The molecule has 0 N–H and O–H groups in total. The van der Waals surface area contributed by atoms with E-state index in [1.54, 1.807) is 24.8 Å². The van der Waals surface area contributed by atoms with Crippen LogP contribution in [0.1, 0.15) is 0 Å². The Balaban J connectivity index is 0. The molecular formula is C20H16ErN7O9. The molecule has 4 aromatic heterocycles. The average molecular weight is 666 g/mol. The van der Waals surface area contributed by atoms with E-state index in [2.05, 4.69) is 19.9 Å². The SMILES string of the molecule is O=[N+]([O-])[O-].O=[N+]([O-])[O-].O=[N+]([O-])[O-].[Er+3].c1ccc(-c2ccccn2)nc1.c1ccc(-c2ccccn2)nc1. The summed E-state index contributed by atoms with van der Waals surface area (Å²) in [6, 6.07) is 23.2. The van der Waals surface area contributed by atoms with Gasteiger partial charge in [-0.2, -0.15) is 0 Å². The first-order valence-electron chi connectivity index (χ1n) is 9.23. The van der Waals surface area contributed by atoms with Crippen LogP contribution in [0.15, 0.2) is 97.6 Å². The van der Waals surface area contributed by atoms with Crippen molar-refractivity contribution < 1.29 is 52.6 Å². The molecule has 0 aliphatic carbocycles. The molecule has 0 saturated heterocycles. The second-order valence-electron chi connectivity index (χ2n) is 5.53. The summed E-state index contributed by atoms with van der Waals surface area (Å²) in [5.74, 6) is 0. The van der Waals surface area contributed by atoms with Gasteiger partial charge in [0.2, 0.25) is 0 Å². The first-order chi connectivity index (χ1) is 17.1. The van der Waals surface area contributed by atoms with Gasteiger partial charge in [-0.25, -0.2) is 0 Å². The first kappa shape index (κ1) is 34.6. The molecule has 0 fully saturated rings. The quantitative estimate of drug-likeness (QED) is 0.219. The zero-order chi connectivity index (χ0) is 27.2. The van der Waals surface area contributed by atoms with E-state index in [1.807, 2.05) is 72.8 Å². The summed E-state index contributed by atoms with van der Waals surface area (Å²) in [5, 5.41) is 44.2. The van der Waals surface area contributed by atoms with Crippen LogP contribution in [0.2, 0.25) is 0 Å². The molecule has 0 amide bonds. The van der Waals surface area contributed by atoms with Crippen molar-refractivity contribution in [1.29, 1.82) is 0 Å². The molecule has 0 saturated carbocycles. The van der Waals surface area contributed by atoms with Crippen LogP contribution in [0, 0.1) is 83.3 Å². The molecule has 0 bridgehead atoms. The van der Waals surface area contributed by atoms with Gasteiger partial charge in [-0.3, -0.25) is 19.9 Å². The maximum Gasteiger partial charge on any atom is 3.00 e.